The van der Waals surface area contributed by atoms with Gasteiger partial charge in [-0.05, 0) is 24.1 Å². The molecule has 1 amide bonds. The van der Waals surface area contributed by atoms with E-state index in [-0.39, 0.29) is 18.5 Å². The van der Waals surface area contributed by atoms with E-state index in [0.29, 0.717) is 5.92 Å². The molecule has 4 rings (SSSR count). The molecule has 1 aliphatic rings. The summed E-state index contributed by atoms with van der Waals surface area (Å²) in [6.07, 6.45) is 1.01. The summed E-state index contributed by atoms with van der Waals surface area (Å²) in [4.78, 5) is 12.2. The minimum Gasteiger partial charge on any atom is -0.351 e. The molecule has 0 saturated heterocycles. The number of benzene rings is 2. The van der Waals surface area contributed by atoms with E-state index in [1.807, 2.05) is 42.5 Å². The van der Waals surface area contributed by atoms with Crippen molar-refractivity contribution in [3.8, 4) is 0 Å². The van der Waals surface area contributed by atoms with Crippen LogP contribution >= 0.6 is 0 Å². The van der Waals surface area contributed by atoms with E-state index in [2.05, 4.69) is 27.8 Å². The highest BCUT2D eigenvalue weighted by Crippen LogP contribution is 2.40. The Kier molecular flexibility index (Phi) is 3.11. The Morgan fingerprint density at radius 1 is 1.14 bits per heavy atom. The Balaban J connectivity index is 1.40. The van der Waals surface area contributed by atoms with E-state index >= 15 is 0 Å². The molecule has 1 N–H and O–H groups in total. The van der Waals surface area contributed by atoms with Crippen LogP contribution in [-0.2, 0) is 11.3 Å². The van der Waals surface area contributed by atoms with Crippen LogP contribution in [0.4, 0.5) is 0 Å². The summed E-state index contributed by atoms with van der Waals surface area (Å²) in [5.41, 5.74) is 2.98. The molecule has 2 aromatic carbocycles. The third-order valence-corrected chi connectivity index (χ3v) is 4.08. The topological polar surface area (TPSA) is 59.8 Å². The molecule has 1 fully saturated rings. The molecule has 0 spiro atoms. The van der Waals surface area contributed by atoms with Crippen LogP contribution in [-0.4, -0.2) is 26.9 Å². The SMILES string of the molecule is O=C(Cn1nnc2ccccc21)NC1CC1c1ccccc1. The van der Waals surface area contributed by atoms with Crippen LogP contribution in [0.3, 0.4) is 0 Å². The van der Waals surface area contributed by atoms with Crippen LogP contribution in [0.25, 0.3) is 11.0 Å². The van der Waals surface area contributed by atoms with Gasteiger partial charge in [0.1, 0.15) is 12.1 Å². The third kappa shape index (κ3) is 2.45. The summed E-state index contributed by atoms with van der Waals surface area (Å²) in [7, 11) is 0. The van der Waals surface area contributed by atoms with Gasteiger partial charge in [0.15, 0.2) is 0 Å². The van der Waals surface area contributed by atoms with Crippen molar-refractivity contribution >= 4 is 16.9 Å². The highest BCUT2D eigenvalue weighted by Gasteiger charge is 2.39. The predicted molar refractivity (Wildman–Crippen MR) is 83.3 cm³/mol. The fraction of sp³-hybridized carbons (Fsp3) is 0.235. The molecule has 3 aromatic rings. The van der Waals surface area contributed by atoms with Gasteiger partial charge in [-0.25, -0.2) is 4.68 Å². The molecule has 5 nitrogen and oxygen atoms in total. The number of hydrogen-bond acceptors (Lipinski definition) is 3. The quantitative estimate of drug-likeness (QED) is 0.801. The molecule has 0 radical (unpaired) electrons. The predicted octanol–water partition coefficient (Wildman–Crippen LogP) is 2.10. The van der Waals surface area contributed by atoms with Gasteiger partial charge in [0, 0.05) is 12.0 Å². The second kappa shape index (κ2) is 5.26. The van der Waals surface area contributed by atoms with E-state index in [4.69, 9.17) is 0 Å². The average Bonchev–Trinajstić information content (AvgIpc) is 3.20. The fourth-order valence-corrected chi connectivity index (χ4v) is 2.85. The smallest absolute Gasteiger partial charge is 0.242 e. The molecular weight excluding hydrogens is 276 g/mol. The van der Waals surface area contributed by atoms with Crippen LogP contribution < -0.4 is 5.32 Å². The van der Waals surface area contributed by atoms with Crippen molar-refractivity contribution in [2.24, 2.45) is 0 Å². The molecule has 2 unspecified atom stereocenters. The zero-order valence-electron chi connectivity index (χ0n) is 12.0. The van der Waals surface area contributed by atoms with Crippen molar-refractivity contribution in [2.45, 2.75) is 24.9 Å². The van der Waals surface area contributed by atoms with Crippen LogP contribution in [0, 0.1) is 0 Å². The number of fused-ring (bicyclic) bond motifs is 1. The van der Waals surface area contributed by atoms with Gasteiger partial charge in [-0.2, -0.15) is 0 Å². The first-order valence-electron chi connectivity index (χ1n) is 7.44. The zero-order valence-corrected chi connectivity index (χ0v) is 12.0. The average molecular weight is 292 g/mol. The molecule has 1 aromatic heterocycles. The van der Waals surface area contributed by atoms with Gasteiger partial charge in [0.2, 0.25) is 5.91 Å². The van der Waals surface area contributed by atoms with Gasteiger partial charge in [-0.3, -0.25) is 4.79 Å². The van der Waals surface area contributed by atoms with Crippen molar-refractivity contribution in [1.29, 1.82) is 0 Å². The number of carbonyl (C=O) groups excluding carboxylic acids is 1. The second-order valence-corrected chi connectivity index (χ2v) is 5.66. The minimum atomic E-state index is -0.0147. The molecule has 2 atom stereocenters. The van der Waals surface area contributed by atoms with Gasteiger partial charge < -0.3 is 5.32 Å². The highest BCUT2D eigenvalue weighted by atomic mass is 16.2. The van der Waals surface area contributed by atoms with Gasteiger partial charge >= 0.3 is 0 Å². The third-order valence-electron chi connectivity index (χ3n) is 4.08. The molecule has 110 valence electrons. The van der Waals surface area contributed by atoms with Crippen LogP contribution in [0.15, 0.2) is 54.6 Å². The van der Waals surface area contributed by atoms with E-state index in [1.54, 1.807) is 4.68 Å². The monoisotopic (exact) mass is 292 g/mol. The Morgan fingerprint density at radius 3 is 2.77 bits per heavy atom. The summed E-state index contributed by atoms with van der Waals surface area (Å²) >= 11 is 0. The summed E-state index contributed by atoms with van der Waals surface area (Å²) in [5, 5.41) is 11.2. The number of nitrogens with zero attached hydrogens (tertiary/aromatic N) is 3. The number of amides is 1. The van der Waals surface area contributed by atoms with Crippen molar-refractivity contribution in [3.63, 3.8) is 0 Å². The Hall–Kier alpha value is -2.69. The number of hydrogen-bond donors (Lipinski definition) is 1. The summed E-state index contributed by atoms with van der Waals surface area (Å²) in [5.74, 6) is 0.428. The number of nitrogens with one attached hydrogen (secondary N) is 1. The van der Waals surface area contributed by atoms with E-state index in [1.165, 1.54) is 5.56 Å². The van der Waals surface area contributed by atoms with Crippen molar-refractivity contribution < 1.29 is 4.79 Å². The number of carbonyl (C=O) groups is 1. The molecule has 5 heteroatoms. The zero-order chi connectivity index (χ0) is 14.9. The van der Waals surface area contributed by atoms with Gasteiger partial charge in [-0.1, -0.05) is 47.7 Å². The maximum atomic E-state index is 12.2. The van der Waals surface area contributed by atoms with Crippen LogP contribution in [0.5, 0.6) is 0 Å². The lowest BCUT2D eigenvalue weighted by molar-refractivity contribution is -0.121. The second-order valence-electron chi connectivity index (χ2n) is 5.66. The first-order chi connectivity index (χ1) is 10.8. The first-order valence-corrected chi connectivity index (χ1v) is 7.44. The standard InChI is InChI=1S/C17H16N4O/c22-17(11-21-16-9-5-4-8-14(16)19-20-21)18-15-10-13(15)12-6-2-1-3-7-12/h1-9,13,15H,10-11H2,(H,18,22). The lowest BCUT2D eigenvalue weighted by Gasteiger charge is -2.05. The highest BCUT2D eigenvalue weighted by molar-refractivity contribution is 5.80. The maximum Gasteiger partial charge on any atom is 0.242 e. The molecule has 0 aliphatic heterocycles. The first kappa shape index (κ1) is 13.0. The van der Waals surface area contributed by atoms with Gasteiger partial charge in [0.25, 0.3) is 0 Å². The van der Waals surface area contributed by atoms with Crippen LogP contribution in [0.1, 0.15) is 17.9 Å². The molecular formula is C17H16N4O. The fourth-order valence-electron chi connectivity index (χ4n) is 2.85. The molecule has 1 saturated carbocycles. The largest absolute Gasteiger partial charge is 0.351 e. The summed E-state index contributed by atoms with van der Waals surface area (Å²) < 4.78 is 1.64. The summed E-state index contributed by atoms with van der Waals surface area (Å²) in [6.45, 7) is 0.207. The summed E-state index contributed by atoms with van der Waals surface area (Å²) in [6, 6.07) is 18.2. The molecule has 1 heterocycles. The normalized spacial score (nSPS) is 20.0. The Labute approximate surface area is 127 Å². The molecule has 1 aliphatic carbocycles. The van der Waals surface area contributed by atoms with E-state index < -0.39 is 0 Å². The van der Waals surface area contributed by atoms with E-state index in [0.717, 1.165) is 17.5 Å². The molecule has 22 heavy (non-hydrogen) atoms. The number of rotatable bonds is 4. The maximum absolute atomic E-state index is 12.2. The van der Waals surface area contributed by atoms with Crippen LogP contribution in [0.2, 0.25) is 0 Å². The number of aromatic nitrogens is 3. The lowest BCUT2D eigenvalue weighted by Crippen LogP contribution is -2.30. The van der Waals surface area contributed by atoms with Crippen molar-refractivity contribution in [1.82, 2.24) is 20.3 Å². The van der Waals surface area contributed by atoms with Crippen molar-refractivity contribution in [3.05, 3.63) is 60.2 Å². The van der Waals surface area contributed by atoms with Gasteiger partial charge in [0.05, 0.1) is 5.52 Å². The van der Waals surface area contributed by atoms with Gasteiger partial charge in [-0.15, -0.1) is 5.10 Å². The number of para-hydroxylation sites is 1. The molecule has 0 bridgehead atoms. The Morgan fingerprint density at radius 2 is 1.91 bits per heavy atom. The van der Waals surface area contributed by atoms with E-state index in [9.17, 15) is 4.79 Å². The lowest BCUT2D eigenvalue weighted by atomic mass is 10.1. The minimum absolute atomic E-state index is 0.0147. The van der Waals surface area contributed by atoms with Crippen molar-refractivity contribution in [2.75, 3.05) is 0 Å². The Bertz CT molecular complexity index is 812.